The second-order valence-electron chi connectivity index (χ2n) is 7.24. The van der Waals surface area contributed by atoms with Crippen LogP contribution in [0.3, 0.4) is 0 Å². The van der Waals surface area contributed by atoms with Gasteiger partial charge < -0.3 is 14.4 Å². The Hall–Kier alpha value is -1.63. The van der Waals surface area contributed by atoms with Crippen LogP contribution in [0.25, 0.3) is 0 Å². The summed E-state index contributed by atoms with van der Waals surface area (Å²) in [6.07, 6.45) is 2.62. The van der Waals surface area contributed by atoms with Gasteiger partial charge in [-0.3, -0.25) is 9.58 Å². The summed E-state index contributed by atoms with van der Waals surface area (Å²) in [6.45, 7) is 6.35. The minimum atomic E-state index is -0.537. The Morgan fingerprint density at radius 2 is 2.08 bits per heavy atom. The van der Waals surface area contributed by atoms with Crippen LogP contribution in [-0.2, 0) is 26.1 Å². The van der Waals surface area contributed by atoms with Crippen LogP contribution in [0.5, 0.6) is 0 Å². The first-order chi connectivity index (χ1) is 12.0. The Morgan fingerprint density at radius 3 is 2.84 bits per heavy atom. The maximum Gasteiger partial charge on any atom is 0.118 e. The molecule has 0 bridgehead atoms. The molecule has 6 nitrogen and oxygen atoms in total. The van der Waals surface area contributed by atoms with Gasteiger partial charge in [0.1, 0.15) is 17.6 Å². The highest BCUT2D eigenvalue weighted by Crippen LogP contribution is 2.20. The molecule has 3 heterocycles. The van der Waals surface area contributed by atoms with Gasteiger partial charge in [-0.1, -0.05) is 6.92 Å². The van der Waals surface area contributed by atoms with E-state index in [4.69, 9.17) is 4.42 Å². The predicted octanol–water partition coefficient (Wildman–Crippen LogP) is 2.43. The number of aryl methyl sites for hydroxylation is 2. The van der Waals surface area contributed by atoms with E-state index in [2.05, 4.69) is 39.8 Å². The van der Waals surface area contributed by atoms with Crippen molar-refractivity contribution in [1.82, 2.24) is 19.6 Å². The number of aliphatic hydroxyl groups excluding tert-OH is 1. The smallest absolute Gasteiger partial charge is 0.118 e. The van der Waals surface area contributed by atoms with E-state index < -0.39 is 6.10 Å². The van der Waals surface area contributed by atoms with Crippen LogP contribution in [0.2, 0.25) is 0 Å². The van der Waals surface area contributed by atoms with Gasteiger partial charge >= 0.3 is 0 Å². The minimum absolute atomic E-state index is 0.537. The summed E-state index contributed by atoms with van der Waals surface area (Å²) in [4.78, 5) is 4.38. The first kappa shape index (κ1) is 18.2. The Labute approximate surface area is 150 Å². The van der Waals surface area contributed by atoms with E-state index in [0.717, 1.165) is 62.7 Å². The highest BCUT2D eigenvalue weighted by atomic mass is 16.3. The first-order valence-electron chi connectivity index (χ1n) is 9.24. The standard InChI is InChI=1S/C19H30N4O2/c1-4-6-16-7-8-17(25-16)13-22-9-5-10-23-15(12-22)11-18(20-23)19(24)14-21(2)3/h7-8,11,19,24H,4-6,9-10,12-14H2,1-3H3. The summed E-state index contributed by atoms with van der Waals surface area (Å²) in [5.41, 5.74) is 1.94. The van der Waals surface area contributed by atoms with Crippen molar-refractivity contribution in [2.45, 2.75) is 51.9 Å². The number of furan rings is 1. The Kier molecular flexibility index (Phi) is 5.93. The fourth-order valence-corrected chi connectivity index (χ4v) is 3.40. The van der Waals surface area contributed by atoms with Gasteiger partial charge in [-0.2, -0.15) is 5.10 Å². The molecule has 0 saturated heterocycles. The summed E-state index contributed by atoms with van der Waals surface area (Å²) >= 11 is 0. The number of hydrogen-bond donors (Lipinski definition) is 1. The molecule has 1 atom stereocenters. The molecule has 0 amide bonds. The van der Waals surface area contributed by atoms with E-state index in [1.807, 2.05) is 19.0 Å². The van der Waals surface area contributed by atoms with Crippen LogP contribution in [0, 0.1) is 0 Å². The average molecular weight is 346 g/mol. The van der Waals surface area contributed by atoms with Crippen LogP contribution in [-0.4, -0.2) is 51.9 Å². The normalized spacial score (nSPS) is 16.8. The number of aromatic nitrogens is 2. The molecule has 0 aromatic carbocycles. The van der Waals surface area contributed by atoms with Crippen LogP contribution >= 0.6 is 0 Å². The number of likely N-dealkylation sites (N-methyl/N-ethyl adjacent to an activating group) is 1. The fraction of sp³-hybridized carbons (Fsp3) is 0.632. The largest absolute Gasteiger partial charge is 0.465 e. The fourth-order valence-electron chi connectivity index (χ4n) is 3.40. The monoisotopic (exact) mass is 346 g/mol. The SMILES string of the molecule is CCCc1ccc(CN2CCCn3nc(C(O)CN(C)C)cc3C2)o1. The van der Waals surface area contributed by atoms with Gasteiger partial charge in [0.05, 0.1) is 17.9 Å². The second-order valence-corrected chi connectivity index (χ2v) is 7.24. The third kappa shape index (κ3) is 4.71. The predicted molar refractivity (Wildman–Crippen MR) is 97.2 cm³/mol. The van der Waals surface area contributed by atoms with Gasteiger partial charge in [-0.05, 0) is 45.1 Å². The molecule has 2 aromatic rings. The summed E-state index contributed by atoms with van der Waals surface area (Å²) in [6, 6.07) is 6.24. The lowest BCUT2D eigenvalue weighted by Gasteiger charge is -2.18. The lowest BCUT2D eigenvalue weighted by molar-refractivity contribution is 0.133. The van der Waals surface area contributed by atoms with Crippen molar-refractivity contribution >= 4 is 0 Å². The third-order valence-electron chi connectivity index (χ3n) is 4.58. The van der Waals surface area contributed by atoms with E-state index in [-0.39, 0.29) is 0 Å². The molecule has 3 rings (SSSR count). The van der Waals surface area contributed by atoms with Crippen molar-refractivity contribution in [2.24, 2.45) is 0 Å². The van der Waals surface area contributed by atoms with Crippen LogP contribution in [0.1, 0.15) is 48.8 Å². The van der Waals surface area contributed by atoms with E-state index in [9.17, 15) is 5.11 Å². The number of nitrogens with zero attached hydrogens (tertiary/aromatic N) is 4. The van der Waals surface area contributed by atoms with Crippen molar-refractivity contribution in [2.75, 3.05) is 27.2 Å². The van der Waals surface area contributed by atoms with Gasteiger partial charge in [0.2, 0.25) is 0 Å². The molecule has 0 saturated carbocycles. The molecule has 138 valence electrons. The molecule has 0 aliphatic carbocycles. The summed E-state index contributed by atoms with van der Waals surface area (Å²) in [5, 5.41) is 14.9. The van der Waals surface area contributed by atoms with E-state index >= 15 is 0 Å². The molecule has 6 heteroatoms. The zero-order valence-electron chi connectivity index (χ0n) is 15.6. The molecule has 1 unspecified atom stereocenters. The van der Waals surface area contributed by atoms with Crippen molar-refractivity contribution in [1.29, 1.82) is 0 Å². The molecule has 2 aromatic heterocycles. The van der Waals surface area contributed by atoms with Gasteiger partial charge in [0.15, 0.2) is 0 Å². The van der Waals surface area contributed by atoms with Crippen LogP contribution < -0.4 is 0 Å². The molecule has 1 N–H and O–H groups in total. The maximum atomic E-state index is 10.3. The Morgan fingerprint density at radius 1 is 1.28 bits per heavy atom. The van der Waals surface area contributed by atoms with Crippen molar-refractivity contribution < 1.29 is 9.52 Å². The lowest BCUT2D eigenvalue weighted by atomic mass is 10.2. The summed E-state index contributed by atoms with van der Waals surface area (Å²) < 4.78 is 7.99. The molecule has 1 aliphatic rings. The van der Waals surface area contributed by atoms with Gasteiger partial charge in [0, 0.05) is 32.6 Å². The van der Waals surface area contributed by atoms with E-state index in [0.29, 0.717) is 6.54 Å². The molecule has 25 heavy (non-hydrogen) atoms. The number of fused-ring (bicyclic) bond motifs is 1. The molecular weight excluding hydrogens is 316 g/mol. The highest BCUT2D eigenvalue weighted by Gasteiger charge is 2.20. The molecule has 0 fully saturated rings. The molecule has 1 aliphatic heterocycles. The molecule has 0 radical (unpaired) electrons. The minimum Gasteiger partial charge on any atom is -0.465 e. The molecular formula is C19H30N4O2. The Balaban J connectivity index is 1.66. The van der Waals surface area contributed by atoms with Gasteiger partial charge in [0.25, 0.3) is 0 Å². The van der Waals surface area contributed by atoms with Gasteiger partial charge in [-0.25, -0.2) is 0 Å². The average Bonchev–Trinajstić information content (AvgIpc) is 3.10. The van der Waals surface area contributed by atoms with E-state index in [1.54, 1.807) is 0 Å². The second kappa shape index (κ2) is 8.17. The first-order valence-corrected chi connectivity index (χ1v) is 9.24. The third-order valence-corrected chi connectivity index (χ3v) is 4.58. The zero-order valence-corrected chi connectivity index (χ0v) is 15.6. The number of rotatable bonds is 7. The van der Waals surface area contributed by atoms with Gasteiger partial charge in [-0.15, -0.1) is 0 Å². The highest BCUT2D eigenvalue weighted by molar-refractivity contribution is 5.14. The lowest BCUT2D eigenvalue weighted by Crippen LogP contribution is -2.22. The van der Waals surface area contributed by atoms with Crippen molar-refractivity contribution in [3.63, 3.8) is 0 Å². The quantitative estimate of drug-likeness (QED) is 0.834. The van der Waals surface area contributed by atoms with Crippen LogP contribution in [0.4, 0.5) is 0 Å². The summed E-state index contributed by atoms with van der Waals surface area (Å²) in [5.74, 6) is 2.11. The summed E-state index contributed by atoms with van der Waals surface area (Å²) in [7, 11) is 3.92. The van der Waals surface area contributed by atoms with E-state index in [1.165, 1.54) is 5.69 Å². The topological polar surface area (TPSA) is 57.7 Å². The zero-order chi connectivity index (χ0) is 17.8. The number of aliphatic hydroxyl groups is 1. The Bertz CT molecular complexity index is 677. The van der Waals surface area contributed by atoms with Crippen LogP contribution in [0.15, 0.2) is 22.6 Å². The van der Waals surface area contributed by atoms with Crippen molar-refractivity contribution in [3.8, 4) is 0 Å². The number of hydrogen-bond acceptors (Lipinski definition) is 5. The van der Waals surface area contributed by atoms with Crippen molar-refractivity contribution in [3.05, 3.63) is 41.1 Å². The molecule has 0 spiro atoms. The maximum absolute atomic E-state index is 10.3.